The maximum atomic E-state index is 13.5. The van der Waals surface area contributed by atoms with Crippen LogP contribution in [0.2, 0.25) is 0 Å². The summed E-state index contributed by atoms with van der Waals surface area (Å²) in [5, 5.41) is 0. The Morgan fingerprint density at radius 3 is 2.76 bits per heavy atom. The third-order valence-corrected chi connectivity index (χ3v) is 8.53. The number of terminal acetylenes is 1. The molecule has 5 aliphatic rings. The molecule has 2 heterocycles. The molecule has 0 saturated heterocycles. The minimum Gasteiger partial charge on any atom is -0.456 e. The van der Waals surface area contributed by atoms with Crippen LogP contribution < -0.4 is 9.64 Å². The Kier molecular flexibility index (Phi) is 3.62. The summed E-state index contributed by atoms with van der Waals surface area (Å²) in [6.07, 6.45) is 15.9. The van der Waals surface area contributed by atoms with E-state index in [1.54, 1.807) is 0 Å². The zero-order valence-electron chi connectivity index (χ0n) is 19.5. The van der Waals surface area contributed by atoms with Gasteiger partial charge in [0.15, 0.2) is 5.60 Å². The molecule has 4 heteroatoms. The number of carbonyl (C=O) groups excluding carboxylic acids is 1. The number of allylic oxidation sites excluding steroid dienone is 2. The second-order valence-electron chi connectivity index (χ2n) is 10.0. The summed E-state index contributed by atoms with van der Waals surface area (Å²) in [5.74, 6) is 4.66. The molecule has 4 nitrogen and oxygen atoms in total. The lowest BCUT2D eigenvalue weighted by molar-refractivity contribution is -0.144. The van der Waals surface area contributed by atoms with Gasteiger partial charge in [0, 0.05) is 36.5 Å². The van der Waals surface area contributed by atoms with E-state index in [1.165, 1.54) is 0 Å². The smallest absolute Gasteiger partial charge is 0.339 e. The van der Waals surface area contributed by atoms with Crippen molar-refractivity contribution >= 4 is 17.7 Å². The van der Waals surface area contributed by atoms with Gasteiger partial charge >= 0.3 is 5.97 Å². The quantitative estimate of drug-likeness (QED) is 0.452. The lowest BCUT2D eigenvalue weighted by Gasteiger charge is -2.39. The van der Waals surface area contributed by atoms with Crippen LogP contribution in [0.4, 0.5) is 5.69 Å². The number of benzene rings is 2. The van der Waals surface area contributed by atoms with Gasteiger partial charge in [-0.1, -0.05) is 43.2 Å². The first-order chi connectivity index (χ1) is 16.5. The first-order valence-corrected chi connectivity index (χ1v) is 12.0. The van der Waals surface area contributed by atoms with Crippen LogP contribution >= 0.6 is 0 Å². The van der Waals surface area contributed by atoms with Crippen LogP contribution in [0.5, 0.6) is 11.5 Å². The van der Waals surface area contributed by atoms with Crippen LogP contribution in [-0.4, -0.2) is 19.6 Å². The monoisotopic (exact) mass is 447 g/mol. The number of anilines is 1. The van der Waals surface area contributed by atoms with E-state index >= 15 is 0 Å². The van der Waals surface area contributed by atoms with E-state index in [1.807, 2.05) is 18.2 Å². The van der Waals surface area contributed by atoms with Gasteiger partial charge in [0.25, 0.3) is 0 Å². The highest BCUT2D eigenvalue weighted by molar-refractivity contribution is 6.01. The molecular formula is C30H25NO3. The molecule has 4 atom stereocenters. The highest BCUT2D eigenvalue weighted by Crippen LogP contribution is 2.70. The Balaban J connectivity index is 1.67. The van der Waals surface area contributed by atoms with E-state index in [9.17, 15) is 4.79 Å². The third kappa shape index (κ3) is 2.01. The number of carbonyl (C=O) groups is 1. The topological polar surface area (TPSA) is 38.8 Å². The van der Waals surface area contributed by atoms with Gasteiger partial charge in [-0.2, -0.15) is 0 Å². The lowest BCUT2D eigenvalue weighted by atomic mass is 9.62. The molecule has 3 aliphatic carbocycles. The number of hydrogen-bond donors (Lipinski definition) is 0. The van der Waals surface area contributed by atoms with Gasteiger partial charge in [0.2, 0.25) is 0 Å². The Morgan fingerprint density at radius 1 is 1.15 bits per heavy atom. The number of rotatable bonds is 2. The zero-order chi connectivity index (χ0) is 23.4. The average Bonchev–Trinajstić information content (AvgIpc) is 3.25. The maximum absolute atomic E-state index is 13.5. The SMILES string of the molecule is C#CC12C3=C4/C=C\C(/C=C\c5ccc6c(c51)C3(OC4=O)c1ccc(N(C)CC)cc1O6)CC2C. The fourth-order valence-electron chi connectivity index (χ4n) is 6.86. The summed E-state index contributed by atoms with van der Waals surface area (Å²) in [6.45, 7) is 5.20. The molecule has 2 aromatic carbocycles. The van der Waals surface area contributed by atoms with Crippen LogP contribution in [0.1, 0.15) is 42.5 Å². The van der Waals surface area contributed by atoms with Gasteiger partial charge in [0.05, 0.1) is 16.6 Å². The van der Waals surface area contributed by atoms with Gasteiger partial charge < -0.3 is 14.4 Å². The van der Waals surface area contributed by atoms with Crippen molar-refractivity contribution in [3.05, 3.63) is 82.0 Å². The number of ether oxygens (including phenoxy) is 2. The second kappa shape index (κ2) is 6.24. The number of hydrogen-bond acceptors (Lipinski definition) is 4. The van der Waals surface area contributed by atoms with Crippen molar-refractivity contribution in [2.45, 2.75) is 31.3 Å². The molecule has 0 saturated carbocycles. The molecular weight excluding hydrogens is 422 g/mol. The van der Waals surface area contributed by atoms with E-state index < -0.39 is 11.0 Å². The molecule has 0 amide bonds. The van der Waals surface area contributed by atoms with Crippen molar-refractivity contribution in [1.82, 2.24) is 0 Å². The van der Waals surface area contributed by atoms with Crippen LogP contribution in [0.3, 0.4) is 0 Å². The summed E-state index contributed by atoms with van der Waals surface area (Å²) in [7, 11) is 2.05. The molecule has 2 bridgehead atoms. The Bertz CT molecular complexity index is 1450. The van der Waals surface area contributed by atoms with E-state index in [4.69, 9.17) is 15.9 Å². The maximum Gasteiger partial charge on any atom is 0.339 e. The molecule has 1 spiro atoms. The van der Waals surface area contributed by atoms with Crippen molar-refractivity contribution in [3.8, 4) is 23.8 Å². The second-order valence-corrected chi connectivity index (χ2v) is 10.0. The van der Waals surface area contributed by atoms with Crippen molar-refractivity contribution in [2.24, 2.45) is 11.8 Å². The number of nitrogens with zero attached hydrogens (tertiary/aromatic N) is 1. The molecule has 168 valence electrons. The molecule has 0 radical (unpaired) electrons. The highest BCUT2D eigenvalue weighted by Gasteiger charge is 2.69. The van der Waals surface area contributed by atoms with E-state index in [0.29, 0.717) is 17.1 Å². The van der Waals surface area contributed by atoms with Crippen molar-refractivity contribution in [1.29, 1.82) is 0 Å². The van der Waals surface area contributed by atoms with Gasteiger partial charge in [0.1, 0.15) is 11.5 Å². The summed E-state index contributed by atoms with van der Waals surface area (Å²) in [4.78, 5) is 15.7. The predicted octanol–water partition coefficient (Wildman–Crippen LogP) is 5.47. The van der Waals surface area contributed by atoms with Gasteiger partial charge in [-0.25, -0.2) is 4.79 Å². The van der Waals surface area contributed by atoms with E-state index in [-0.39, 0.29) is 17.8 Å². The standard InChI is InChI=1S/C30H25NO3/c1-5-29-17(3)15-18-7-9-19-10-14-23-26(25(19)29)30(27(29)21(12-8-18)28(32)34-30)22-13-11-20(31(4)6-2)16-24(22)33-23/h1,7-14,16-18H,6,15H2,2-4H3/b9-7-,12-8-. The van der Waals surface area contributed by atoms with Gasteiger partial charge in [-0.3, -0.25) is 0 Å². The van der Waals surface area contributed by atoms with Crippen molar-refractivity contribution in [2.75, 3.05) is 18.5 Å². The van der Waals surface area contributed by atoms with Crippen LogP contribution in [-0.2, 0) is 20.5 Å². The minimum absolute atomic E-state index is 0.110. The summed E-state index contributed by atoms with van der Waals surface area (Å²) >= 11 is 0. The van der Waals surface area contributed by atoms with Crippen LogP contribution in [0, 0.1) is 24.2 Å². The average molecular weight is 448 g/mol. The molecule has 4 unspecified atom stereocenters. The Labute approximate surface area is 199 Å². The van der Waals surface area contributed by atoms with E-state index in [2.05, 4.69) is 68.1 Å². The van der Waals surface area contributed by atoms with Crippen LogP contribution in [0.25, 0.3) is 6.08 Å². The van der Waals surface area contributed by atoms with Crippen molar-refractivity contribution in [3.63, 3.8) is 0 Å². The molecule has 34 heavy (non-hydrogen) atoms. The number of esters is 1. The summed E-state index contributed by atoms with van der Waals surface area (Å²) in [6, 6.07) is 10.3. The molecule has 7 rings (SSSR count). The van der Waals surface area contributed by atoms with Crippen molar-refractivity contribution < 1.29 is 14.3 Å². The highest BCUT2D eigenvalue weighted by atomic mass is 16.6. The van der Waals surface area contributed by atoms with Gasteiger partial charge in [-0.15, -0.1) is 6.42 Å². The first kappa shape index (κ1) is 19.7. The molecule has 0 aromatic heterocycles. The fraction of sp³-hybridized carbons (Fsp3) is 0.300. The molecule has 2 aliphatic heterocycles. The molecule has 0 N–H and O–H groups in total. The summed E-state index contributed by atoms with van der Waals surface area (Å²) < 4.78 is 13.0. The van der Waals surface area contributed by atoms with Crippen LogP contribution in [0.15, 0.2) is 59.7 Å². The van der Waals surface area contributed by atoms with Gasteiger partial charge in [-0.05, 0) is 54.5 Å². The molecule has 2 aromatic rings. The zero-order valence-corrected chi connectivity index (χ0v) is 19.5. The predicted molar refractivity (Wildman–Crippen MR) is 132 cm³/mol. The van der Waals surface area contributed by atoms with E-state index in [0.717, 1.165) is 46.5 Å². The normalized spacial score (nSPS) is 32.5. The first-order valence-electron chi connectivity index (χ1n) is 12.0. The Hall–Kier alpha value is -3.71. The summed E-state index contributed by atoms with van der Waals surface area (Å²) in [5.41, 5.74) is 4.61. The molecule has 0 fully saturated rings. The number of fused-ring (bicyclic) bond motifs is 3. The third-order valence-electron chi connectivity index (χ3n) is 8.53. The minimum atomic E-state index is -1.07. The largest absolute Gasteiger partial charge is 0.456 e. The fourth-order valence-corrected chi connectivity index (χ4v) is 6.86. The Morgan fingerprint density at radius 2 is 1.97 bits per heavy atom. The lowest BCUT2D eigenvalue weighted by Crippen LogP contribution is -2.39.